The van der Waals surface area contributed by atoms with Gasteiger partial charge in [0.05, 0.1) is 0 Å². The predicted octanol–water partition coefficient (Wildman–Crippen LogP) is 1.86. The van der Waals surface area contributed by atoms with Crippen molar-refractivity contribution in [2.45, 2.75) is 32.6 Å². The van der Waals surface area contributed by atoms with Crippen LogP contribution in [0.4, 0.5) is 5.82 Å². The highest BCUT2D eigenvalue weighted by molar-refractivity contribution is 5.83. The Morgan fingerprint density at radius 1 is 1.24 bits per heavy atom. The van der Waals surface area contributed by atoms with Gasteiger partial charge in [-0.15, -0.1) is 0 Å². The first-order valence-electron chi connectivity index (χ1n) is 6.01. The van der Waals surface area contributed by atoms with Crippen LogP contribution in [-0.4, -0.2) is 34.1 Å². The summed E-state index contributed by atoms with van der Waals surface area (Å²) < 4.78 is 0. The molecule has 1 saturated heterocycles. The lowest BCUT2D eigenvalue weighted by Crippen LogP contribution is -2.26. The maximum absolute atomic E-state index is 10.9. The number of carboxylic acid groups (broad SMARTS) is 1. The summed E-state index contributed by atoms with van der Waals surface area (Å²) >= 11 is 0. The Morgan fingerprint density at radius 2 is 1.88 bits per heavy atom. The van der Waals surface area contributed by atoms with Crippen LogP contribution in [0, 0.1) is 6.92 Å². The van der Waals surface area contributed by atoms with Gasteiger partial charge in [0.1, 0.15) is 5.82 Å². The van der Waals surface area contributed by atoms with E-state index >= 15 is 0 Å². The van der Waals surface area contributed by atoms with E-state index in [0.29, 0.717) is 5.69 Å². The monoisotopic (exact) mass is 235 g/mol. The fraction of sp³-hybridized carbons (Fsp3) is 0.583. The normalized spacial score (nSPS) is 16.6. The summed E-state index contributed by atoms with van der Waals surface area (Å²) in [6.45, 7) is 3.71. The van der Waals surface area contributed by atoms with Crippen molar-refractivity contribution in [3.8, 4) is 0 Å². The van der Waals surface area contributed by atoms with Gasteiger partial charge in [0, 0.05) is 24.8 Å². The molecule has 5 nitrogen and oxygen atoms in total. The molecule has 1 aromatic heterocycles. The molecule has 1 aromatic rings. The van der Waals surface area contributed by atoms with Gasteiger partial charge >= 0.3 is 5.97 Å². The van der Waals surface area contributed by atoms with Gasteiger partial charge in [-0.1, -0.05) is 12.8 Å². The molecule has 2 heterocycles. The minimum Gasteiger partial charge on any atom is -0.475 e. The number of rotatable bonds is 2. The average Bonchev–Trinajstić information content (AvgIpc) is 2.56. The topological polar surface area (TPSA) is 66.3 Å². The molecule has 0 atom stereocenters. The molecule has 5 heteroatoms. The maximum Gasteiger partial charge on any atom is 0.374 e. The molecule has 0 aromatic carbocycles. The third kappa shape index (κ3) is 2.93. The Hall–Kier alpha value is -1.65. The molecule has 1 N–H and O–H groups in total. The van der Waals surface area contributed by atoms with E-state index in [0.717, 1.165) is 31.7 Å². The molecule has 1 aliphatic heterocycles. The standard InChI is InChI=1S/C12H17N3O2/c1-9-8-10(14-11(13-9)12(16)17)15-6-4-2-3-5-7-15/h8H,2-7H2,1H3,(H,16,17). The van der Waals surface area contributed by atoms with Gasteiger partial charge in [-0.3, -0.25) is 0 Å². The summed E-state index contributed by atoms with van der Waals surface area (Å²) in [5, 5.41) is 8.94. The minimum atomic E-state index is -1.07. The van der Waals surface area contributed by atoms with Crippen LogP contribution in [-0.2, 0) is 0 Å². The quantitative estimate of drug-likeness (QED) is 0.847. The predicted molar refractivity (Wildman–Crippen MR) is 64.4 cm³/mol. The van der Waals surface area contributed by atoms with Crippen LogP contribution in [0.25, 0.3) is 0 Å². The SMILES string of the molecule is Cc1cc(N2CCCCCC2)nc(C(=O)O)n1. The average molecular weight is 235 g/mol. The van der Waals surface area contributed by atoms with Gasteiger partial charge in [-0.05, 0) is 19.8 Å². The number of hydrogen-bond donors (Lipinski definition) is 1. The summed E-state index contributed by atoms with van der Waals surface area (Å²) in [5.41, 5.74) is 0.705. The molecule has 92 valence electrons. The molecule has 0 unspecified atom stereocenters. The zero-order chi connectivity index (χ0) is 12.3. The van der Waals surface area contributed by atoms with Crippen molar-refractivity contribution in [2.75, 3.05) is 18.0 Å². The van der Waals surface area contributed by atoms with E-state index in [4.69, 9.17) is 5.11 Å². The zero-order valence-corrected chi connectivity index (χ0v) is 10.0. The molecule has 0 saturated carbocycles. The molecule has 0 amide bonds. The van der Waals surface area contributed by atoms with E-state index in [9.17, 15) is 4.79 Å². The van der Waals surface area contributed by atoms with Crippen molar-refractivity contribution in [1.82, 2.24) is 9.97 Å². The van der Waals surface area contributed by atoms with Crippen LogP contribution in [0.2, 0.25) is 0 Å². The van der Waals surface area contributed by atoms with E-state index < -0.39 is 5.97 Å². The molecule has 0 radical (unpaired) electrons. The van der Waals surface area contributed by atoms with Gasteiger partial charge in [0.25, 0.3) is 0 Å². The fourth-order valence-corrected chi connectivity index (χ4v) is 2.11. The number of aromatic nitrogens is 2. The van der Waals surface area contributed by atoms with Crippen molar-refractivity contribution >= 4 is 11.8 Å². The van der Waals surface area contributed by atoms with E-state index in [1.807, 2.05) is 6.07 Å². The van der Waals surface area contributed by atoms with E-state index in [1.54, 1.807) is 6.92 Å². The summed E-state index contributed by atoms with van der Waals surface area (Å²) in [7, 11) is 0. The van der Waals surface area contributed by atoms with Gasteiger partial charge in [-0.25, -0.2) is 14.8 Å². The molecule has 0 spiro atoms. The number of anilines is 1. The van der Waals surface area contributed by atoms with Crippen molar-refractivity contribution in [3.63, 3.8) is 0 Å². The number of hydrogen-bond acceptors (Lipinski definition) is 4. The second-order valence-corrected chi connectivity index (χ2v) is 4.40. The van der Waals surface area contributed by atoms with Crippen LogP contribution >= 0.6 is 0 Å². The Bertz CT molecular complexity index is 412. The number of carbonyl (C=O) groups is 1. The van der Waals surface area contributed by atoms with Gasteiger partial charge in [0.2, 0.25) is 5.82 Å². The molecule has 2 rings (SSSR count). The molecule has 1 aliphatic rings. The van der Waals surface area contributed by atoms with Crippen molar-refractivity contribution in [3.05, 3.63) is 17.6 Å². The van der Waals surface area contributed by atoms with Crippen LogP contribution < -0.4 is 4.90 Å². The zero-order valence-electron chi connectivity index (χ0n) is 10.0. The lowest BCUT2D eigenvalue weighted by molar-refractivity contribution is 0.0683. The highest BCUT2D eigenvalue weighted by Gasteiger charge is 2.15. The van der Waals surface area contributed by atoms with E-state index in [-0.39, 0.29) is 5.82 Å². The third-order valence-corrected chi connectivity index (χ3v) is 2.96. The van der Waals surface area contributed by atoms with Gasteiger partial charge < -0.3 is 10.0 Å². The molecular formula is C12H17N3O2. The highest BCUT2D eigenvalue weighted by atomic mass is 16.4. The van der Waals surface area contributed by atoms with Crippen LogP contribution in [0.1, 0.15) is 42.0 Å². The minimum absolute atomic E-state index is 0.107. The van der Waals surface area contributed by atoms with Gasteiger partial charge in [-0.2, -0.15) is 0 Å². The van der Waals surface area contributed by atoms with Gasteiger partial charge in [0.15, 0.2) is 0 Å². The van der Waals surface area contributed by atoms with Crippen LogP contribution in [0.3, 0.4) is 0 Å². The second-order valence-electron chi connectivity index (χ2n) is 4.40. The van der Waals surface area contributed by atoms with Crippen molar-refractivity contribution in [2.24, 2.45) is 0 Å². The van der Waals surface area contributed by atoms with Crippen molar-refractivity contribution < 1.29 is 9.90 Å². The highest BCUT2D eigenvalue weighted by Crippen LogP contribution is 2.18. The lowest BCUT2D eigenvalue weighted by atomic mass is 10.2. The second kappa shape index (κ2) is 5.12. The summed E-state index contributed by atoms with van der Waals surface area (Å²) in [4.78, 5) is 21.1. The summed E-state index contributed by atoms with van der Waals surface area (Å²) in [5.74, 6) is -0.425. The summed E-state index contributed by atoms with van der Waals surface area (Å²) in [6, 6.07) is 1.86. The first-order chi connectivity index (χ1) is 8.16. The number of aryl methyl sites for hydroxylation is 1. The van der Waals surface area contributed by atoms with Crippen LogP contribution in [0.5, 0.6) is 0 Å². The first kappa shape index (κ1) is 11.8. The van der Waals surface area contributed by atoms with Crippen molar-refractivity contribution in [1.29, 1.82) is 0 Å². The molecule has 17 heavy (non-hydrogen) atoms. The molecular weight excluding hydrogens is 218 g/mol. The number of aromatic carboxylic acids is 1. The Labute approximate surface area is 100 Å². The lowest BCUT2D eigenvalue weighted by Gasteiger charge is -2.21. The van der Waals surface area contributed by atoms with E-state index in [2.05, 4.69) is 14.9 Å². The molecule has 0 aliphatic carbocycles. The first-order valence-corrected chi connectivity index (χ1v) is 6.01. The maximum atomic E-state index is 10.9. The fourth-order valence-electron chi connectivity index (χ4n) is 2.11. The van der Waals surface area contributed by atoms with E-state index in [1.165, 1.54) is 12.8 Å². The van der Waals surface area contributed by atoms with Crippen LogP contribution in [0.15, 0.2) is 6.07 Å². The Morgan fingerprint density at radius 3 is 2.47 bits per heavy atom. The smallest absolute Gasteiger partial charge is 0.374 e. The number of nitrogens with zero attached hydrogens (tertiary/aromatic N) is 3. The molecule has 0 bridgehead atoms. The Balaban J connectivity index is 2.27. The molecule has 1 fully saturated rings. The third-order valence-electron chi connectivity index (χ3n) is 2.96. The Kier molecular flexibility index (Phi) is 3.56. The largest absolute Gasteiger partial charge is 0.475 e. The summed E-state index contributed by atoms with van der Waals surface area (Å²) in [6.07, 6.45) is 4.77. The number of carboxylic acids is 1.